The molecule has 1 heterocycles. The minimum absolute atomic E-state index is 0.156. The first-order valence-electron chi connectivity index (χ1n) is 7.24. The lowest BCUT2D eigenvalue weighted by Crippen LogP contribution is -2.42. The molecule has 116 valence electrons. The Balaban J connectivity index is 2.48. The molecule has 1 rings (SSSR count). The van der Waals surface area contributed by atoms with Gasteiger partial charge in [0.25, 0.3) is 0 Å². The van der Waals surface area contributed by atoms with Gasteiger partial charge in [0.2, 0.25) is 0 Å². The smallest absolute Gasteiger partial charge is 0.310 e. The fourth-order valence-corrected chi connectivity index (χ4v) is 2.08. The lowest BCUT2D eigenvalue weighted by molar-refractivity contribution is -0.144. The standard InChI is InChI=1S/C14H27N3O3/c1-5-15-13(16-9-11(2)12(18)19-4)17-10-14(3)7-6-8-20-14/h11H,5-10H2,1-4H3,(H2,15,16,17). The monoisotopic (exact) mass is 285 g/mol. The highest BCUT2D eigenvalue weighted by Gasteiger charge is 2.29. The molecule has 0 amide bonds. The molecular formula is C14H27N3O3. The van der Waals surface area contributed by atoms with Crippen LogP contribution in [0.3, 0.4) is 0 Å². The summed E-state index contributed by atoms with van der Waals surface area (Å²) >= 11 is 0. The zero-order valence-electron chi connectivity index (χ0n) is 13.0. The van der Waals surface area contributed by atoms with Gasteiger partial charge in [0.05, 0.1) is 25.2 Å². The Kier molecular flexibility index (Phi) is 6.78. The van der Waals surface area contributed by atoms with E-state index >= 15 is 0 Å². The molecule has 0 aromatic carbocycles. The molecule has 6 nitrogen and oxygen atoms in total. The van der Waals surface area contributed by atoms with Crippen LogP contribution in [0, 0.1) is 5.92 Å². The Morgan fingerprint density at radius 3 is 2.80 bits per heavy atom. The SMILES string of the molecule is CCNC(=NCC1(C)CCCO1)NCC(C)C(=O)OC. The predicted octanol–water partition coefficient (Wildman–Crippen LogP) is 0.920. The van der Waals surface area contributed by atoms with Gasteiger partial charge in [-0.1, -0.05) is 6.92 Å². The van der Waals surface area contributed by atoms with Gasteiger partial charge in [0.15, 0.2) is 5.96 Å². The van der Waals surface area contributed by atoms with Crippen molar-refractivity contribution in [2.45, 2.75) is 39.2 Å². The molecule has 0 aromatic rings. The largest absolute Gasteiger partial charge is 0.469 e. The summed E-state index contributed by atoms with van der Waals surface area (Å²) in [6.45, 7) is 8.62. The average Bonchev–Trinajstić information content (AvgIpc) is 2.88. The Bertz CT molecular complexity index is 339. The lowest BCUT2D eigenvalue weighted by Gasteiger charge is -2.22. The highest BCUT2D eigenvalue weighted by atomic mass is 16.5. The number of carbonyl (C=O) groups excluding carboxylic acids is 1. The van der Waals surface area contributed by atoms with Crippen LogP contribution in [0.5, 0.6) is 0 Å². The number of nitrogens with zero attached hydrogens (tertiary/aromatic N) is 1. The average molecular weight is 285 g/mol. The van der Waals surface area contributed by atoms with E-state index in [4.69, 9.17) is 9.47 Å². The Hall–Kier alpha value is -1.30. The van der Waals surface area contributed by atoms with Crippen LogP contribution in [0.15, 0.2) is 4.99 Å². The number of guanidine groups is 1. The van der Waals surface area contributed by atoms with Crippen LogP contribution in [0.1, 0.15) is 33.6 Å². The predicted molar refractivity (Wildman–Crippen MR) is 78.8 cm³/mol. The zero-order chi connectivity index (χ0) is 15.0. The van der Waals surface area contributed by atoms with Crippen LogP contribution in [0.4, 0.5) is 0 Å². The van der Waals surface area contributed by atoms with Gasteiger partial charge in [-0.05, 0) is 26.7 Å². The molecule has 1 aliphatic rings. The summed E-state index contributed by atoms with van der Waals surface area (Å²) in [5.41, 5.74) is -0.156. The summed E-state index contributed by atoms with van der Waals surface area (Å²) in [6, 6.07) is 0. The number of hydrogen-bond donors (Lipinski definition) is 2. The molecule has 20 heavy (non-hydrogen) atoms. The van der Waals surface area contributed by atoms with Crippen molar-refractivity contribution in [3.8, 4) is 0 Å². The van der Waals surface area contributed by atoms with E-state index in [9.17, 15) is 4.79 Å². The van der Waals surface area contributed by atoms with Crippen molar-refractivity contribution in [2.24, 2.45) is 10.9 Å². The highest BCUT2D eigenvalue weighted by molar-refractivity contribution is 5.80. The topological polar surface area (TPSA) is 72.0 Å². The molecule has 0 saturated carbocycles. The Morgan fingerprint density at radius 2 is 2.25 bits per heavy atom. The molecular weight excluding hydrogens is 258 g/mol. The molecule has 2 unspecified atom stereocenters. The quantitative estimate of drug-likeness (QED) is 0.431. The maximum absolute atomic E-state index is 11.4. The van der Waals surface area contributed by atoms with Crippen LogP contribution >= 0.6 is 0 Å². The maximum Gasteiger partial charge on any atom is 0.310 e. The first-order chi connectivity index (χ1) is 9.50. The second-order valence-electron chi connectivity index (χ2n) is 5.40. The summed E-state index contributed by atoms with van der Waals surface area (Å²) in [4.78, 5) is 15.9. The van der Waals surface area contributed by atoms with E-state index < -0.39 is 0 Å². The van der Waals surface area contributed by atoms with Crippen LogP contribution in [0.25, 0.3) is 0 Å². The number of rotatable bonds is 6. The van der Waals surface area contributed by atoms with Gasteiger partial charge in [-0.25, -0.2) is 0 Å². The van der Waals surface area contributed by atoms with E-state index in [-0.39, 0.29) is 17.5 Å². The van der Waals surface area contributed by atoms with Crippen LogP contribution in [0.2, 0.25) is 0 Å². The zero-order valence-corrected chi connectivity index (χ0v) is 13.0. The summed E-state index contributed by atoms with van der Waals surface area (Å²) in [5.74, 6) is 0.279. The third kappa shape index (κ3) is 5.36. The molecule has 0 aliphatic carbocycles. The molecule has 1 aliphatic heterocycles. The second kappa shape index (κ2) is 8.09. The van der Waals surface area contributed by atoms with Crippen molar-refractivity contribution in [3.05, 3.63) is 0 Å². The molecule has 2 N–H and O–H groups in total. The Morgan fingerprint density at radius 1 is 1.50 bits per heavy atom. The van der Waals surface area contributed by atoms with Crippen molar-refractivity contribution in [3.63, 3.8) is 0 Å². The lowest BCUT2D eigenvalue weighted by atomic mass is 10.0. The molecule has 0 spiro atoms. The van der Waals surface area contributed by atoms with Crippen molar-refractivity contribution >= 4 is 11.9 Å². The van der Waals surface area contributed by atoms with E-state index in [0.717, 1.165) is 26.0 Å². The molecule has 0 radical (unpaired) electrons. The van der Waals surface area contributed by atoms with Crippen LogP contribution in [-0.2, 0) is 14.3 Å². The van der Waals surface area contributed by atoms with Crippen molar-refractivity contribution in [1.82, 2.24) is 10.6 Å². The van der Waals surface area contributed by atoms with Gasteiger partial charge in [0.1, 0.15) is 0 Å². The van der Waals surface area contributed by atoms with Gasteiger partial charge in [-0.2, -0.15) is 0 Å². The van der Waals surface area contributed by atoms with E-state index in [2.05, 4.69) is 22.5 Å². The third-order valence-corrected chi connectivity index (χ3v) is 3.40. The maximum atomic E-state index is 11.4. The van der Waals surface area contributed by atoms with Crippen molar-refractivity contribution < 1.29 is 14.3 Å². The minimum atomic E-state index is -0.223. The van der Waals surface area contributed by atoms with Crippen molar-refractivity contribution in [2.75, 3.05) is 33.4 Å². The Labute approximate surface area is 121 Å². The minimum Gasteiger partial charge on any atom is -0.469 e. The van der Waals surface area contributed by atoms with Crippen molar-refractivity contribution in [1.29, 1.82) is 0 Å². The molecule has 1 saturated heterocycles. The molecule has 0 aromatic heterocycles. The normalized spacial score (nSPS) is 24.3. The van der Waals surface area contributed by atoms with Gasteiger partial charge in [0, 0.05) is 19.7 Å². The molecule has 1 fully saturated rings. The summed E-state index contributed by atoms with van der Waals surface area (Å²) in [7, 11) is 1.40. The number of hydrogen-bond acceptors (Lipinski definition) is 4. The fourth-order valence-electron chi connectivity index (χ4n) is 2.08. The summed E-state index contributed by atoms with van der Waals surface area (Å²) < 4.78 is 10.4. The number of esters is 1. The molecule has 2 atom stereocenters. The van der Waals surface area contributed by atoms with E-state index in [1.165, 1.54) is 7.11 Å². The number of ether oxygens (including phenoxy) is 2. The van der Waals surface area contributed by atoms with Gasteiger partial charge >= 0.3 is 5.97 Å². The first kappa shape index (κ1) is 16.8. The van der Waals surface area contributed by atoms with Gasteiger partial charge in [-0.15, -0.1) is 0 Å². The van der Waals surface area contributed by atoms with E-state index in [1.807, 2.05) is 13.8 Å². The number of methoxy groups -OCH3 is 1. The van der Waals surface area contributed by atoms with Gasteiger partial charge in [-0.3, -0.25) is 9.79 Å². The number of nitrogens with one attached hydrogen (secondary N) is 2. The van der Waals surface area contributed by atoms with E-state index in [0.29, 0.717) is 19.0 Å². The third-order valence-electron chi connectivity index (χ3n) is 3.40. The molecule has 6 heteroatoms. The fraction of sp³-hybridized carbons (Fsp3) is 0.857. The number of aliphatic imine (C=N–C) groups is 1. The second-order valence-corrected chi connectivity index (χ2v) is 5.40. The first-order valence-corrected chi connectivity index (χ1v) is 7.24. The van der Waals surface area contributed by atoms with E-state index in [1.54, 1.807) is 0 Å². The molecule has 0 bridgehead atoms. The van der Waals surface area contributed by atoms with Gasteiger partial charge < -0.3 is 20.1 Å². The summed E-state index contributed by atoms with van der Waals surface area (Å²) in [6.07, 6.45) is 2.13. The number of carbonyl (C=O) groups is 1. The van der Waals surface area contributed by atoms with Crippen LogP contribution < -0.4 is 10.6 Å². The van der Waals surface area contributed by atoms with Crippen LogP contribution in [-0.4, -0.2) is 50.9 Å². The summed E-state index contributed by atoms with van der Waals surface area (Å²) in [5, 5.41) is 6.33. The highest BCUT2D eigenvalue weighted by Crippen LogP contribution is 2.24.